The minimum absolute atomic E-state index is 0.177. The lowest BCUT2D eigenvalue weighted by atomic mass is 10.2. The molecule has 2 aromatic rings. The summed E-state index contributed by atoms with van der Waals surface area (Å²) in [4.78, 5) is 26.2. The highest BCUT2D eigenvalue weighted by Crippen LogP contribution is 2.38. The van der Waals surface area contributed by atoms with Crippen LogP contribution in [0.25, 0.3) is 10.9 Å². The molecule has 0 radical (unpaired) electrons. The molecule has 0 aliphatic carbocycles. The zero-order valence-electron chi connectivity index (χ0n) is 18.2. The number of aromatic nitrogens is 2. The number of nitriles is 1. The van der Waals surface area contributed by atoms with Crippen LogP contribution in [0.1, 0.15) is 5.82 Å². The van der Waals surface area contributed by atoms with Gasteiger partial charge in [-0.3, -0.25) is 4.79 Å². The van der Waals surface area contributed by atoms with E-state index in [1.165, 1.54) is 0 Å². The number of allylic oxidation sites excluding steroid dienone is 3. The number of carbonyl (C=O) groups is 1. The fraction of sp³-hybridized carbons (Fsp3) is 0.333. The van der Waals surface area contributed by atoms with E-state index in [9.17, 15) is 10.1 Å². The molecule has 6 rings (SSSR count). The maximum atomic E-state index is 13.0. The highest BCUT2D eigenvalue weighted by molar-refractivity contribution is 7.99. The number of nitrogens with zero attached hydrogens (tertiary/aromatic N) is 7. The average molecular weight is 459 g/mol. The van der Waals surface area contributed by atoms with Crippen molar-refractivity contribution >= 4 is 34.4 Å². The number of anilines is 1. The standard InChI is InChI=1S/C24H24N7OS/c25-15-22-26-21-6-2-1-5-20(21)23(27-22)28-7-9-30(10-8-28)31-12-3-4-19(31)14-18(16-31)24(32)29-11-13-33-17-29/h1-6,12,14H,7-11,13,16-17H2/q+1/t31-/m1/s1. The first-order valence-electron chi connectivity index (χ1n) is 11.2. The molecule has 0 saturated carbocycles. The summed E-state index contributed by atoms with van der Waals surface area (Å²) >= 11 is 1.82. The van der Waals surface area contributed by atoms with Crippen LogP contribution >= 0.6 is 11.8 Å². The summed E-state index contributed by atoms with van der Waals surface area (Å²) in [6, 6.07) is 9.95. The largest absolute Gasteiger partial charge is 0.353 e. The number of amides is 1. The number of benzene rings is 1. The van der Waals surface area contributed by atoms with Gasteiger partial charge < -0.3 is 9.80 Å². The third-order valence-corrected chi connectivity index (χ3v) is 7.80. The SMILES string of the molecule is N#Cc1nc(N2CCN([N@@+]34C=CC=C3C=C(C(=O)N3CCSC3)C4)CC2)c2ccccc2n1. The zero-order valence-corrected chi connectivity index (χ0v) is 19.0. The van der Waals surface area contributed by atoms with Crippen LogP contribution in [0.4, 0.5) is 5.82 Å². The number of piperazine rings is 1. The third-order valence-electron chi connectivity index (χ3n) is 6.84. The van der Waals surface area contributed by atoms with Gasteiger partial charge >= 0.3 is 0 Å². The van der Waals surface area contributed by atoms with Gasteiger partial charge in [0.25, 0.3) is 5.91 Å². The topological polar surface area (TPSA) is 76.4 Å². The van der Waals surface area contributed by atoms with Gasteiger partial charge in [-0.2, -0.15) is 9.85 Å². The lowest BCUT2D eigenvalue weighted by Gasteiger charge is -2.44. The molecule has 4 aliphatic heterocycles. The molecule has 33 heavy (non-hydrogen) atoms. The van der Waals surface area contributed by atoms with Crippen LogP contribution in [0.15, 0.2) is 60.0 Å². The van der Waals surface area contributed by atoms with Gasteiger partial charge in [-0.1, -0.05) is 12.1 Å². The average Bonchev–Trinajstić information content (AvgIpc) is 3.60. The van der Waals surface area contributed by atoms with Crippen molar-refractivity contribution in [1.82, 2.24) is 19.9 Å². The molecular formula is C24H24N7OS+. The van der Waals surface area contributed by atoms with Crippen LogP contribution in [0, 0.1) is 11.3 Å². The Morgan fingerprint density at radius 1 is 1.12 bits per heavy atom. The van der Waals surface area contributed by atoms with Crippen molar-refractivity contribution in [2.75, 3.05) is 55.8 Å². The molecule has 166 valence electrons. The fourth-order valence-electron chi connectivity index (χ4n) is 5.17. The predicted molar refractivity (Wildman–Crippen MR) is 128 cm³/mol. The summed E-state index contributed by atoms with van der Waals surface area (Å²) in [5.74, 6) is 3.02. The Morgan fingerprint density at radius 3 is 2.76 bits per heavy atom. The lowest BCUT2D eigenvalue weighted by molar-refractivity contribution is -0.948. The van der Waals surface area contributed by atoms with Crippen molar-refractivity contribution in [3.8, 4) is 6.07 Å². The molecule has 0 N–H and O–H groups in total. The lowest BCUT2D eigenvalue weighted by Crippen LogP contribution is -2.60. The summed E-state index contributed by atoms with van der Waals surface area (Å²) in [5, 5.41) is 12.8. The minimum Gasteiger partial charge on any atom is -0.353 e. The minimum atomic E-state index is 0.177. The van der Waals surface area contributed by atoms with E-state index in [0.717, 1.165) is 72.3 Å². The summed E-state index contributed by atoms with van der Waals surface area (Å²) in [6.45, 7) is 4.76. The van der Waals surface area contributed by atoms with E-state index in [-0.39, 0.29) is 11.7 Å². The van der Waals surface area contributed by atoms with Crippen molar-refractivity contribution in [2.45, 2.75) is 0 Å². The summed E-state index contributed by atoms with van der Waals surface area (Å²) in [7, 11) is 0. The van der Waals surface area contributed by atoms with Gasteiger partial charge in [0.2, 0.25) is 5.82 Å². The van der Waals surface area contributed by atoms with E-state index in [0.29, 0.717) is 11.1 Å². The van der Waals surface area contributed by atoms with Crippen LogP contribution in [0.5, 0.6) is 0 Å². The molecule has 0 unspecified atom stereocenters. The highest BCUT2D eigenvalue weighted by atomic mass is 32.2. The first-order valence-corrected chi connectivity index (χ1v) is 12.4. The van der Waals surface area contributed by atoms with Gasteiger partial charge in [-0.05, 0) is 18.2 Å². The smallest absolute Gasteiger partial charge is 0.256 e. The maximum Gasteiger partial charge on any atom is 0.256 e. The van der Waals surface area contributed by atoms with E-state index in [4.69, 9.17) is 0 Å². The normalized spacial score (nSPS) is 24.7. The van der Waals surface area contributed by atoms with E-state index < -0.39 is 0 Å². The molecule has 4 aliphatic rings. The van der Waals surface area contributed by atoms with E-state index in [2.05, 4.69) is 50.4 Å². The van der Waals surface area contributed by atoms with Crippen LogP contribution in [-0.4, -0.2) is 81.3 Å². The van der Waals surface area contributed by atoms with Gasteiger partial charge in [0, 0.05) is 42.9 Å². The van der Waals surface area contributed by atoms with E-state index in [1.54, 1.807) is 0 Å². The number of hydrogen-bond acceptors (Lipinski definition) is 7. The summed E-state index contributed by atoms with van der Waals surface area (Å²) < 4.78 is 0.601. The molecule has 1 aromatic heterocycles. The van der Waals surface area contributed by atoms with Gasteiger partial charge in [-0.15, -0.1) is 16.8 Å². The number of fused-ring (bicyclic) bond motifs is 2. The van der Waals surface area contributed by atoms with Crippen molar-refractivity contribution in [1.29, 1.82) is 5.26 Å². The van der Waals surface area contributed by atoms with Crippen LogP contribution in [0.3, 0.4) is 0 Å². The Balaban J connectivity index is 1.22. The number of rotatable bonds is 3. The first-order chi connectivity index (χ1) is 16.2. The highest BCUT2D eigenvalue weighted by Gasteiger charge is 2.48. The molecule has 1 aromatic carbocycles. The Bertz CT molecular complexity index is 1270. The van der Waals surface area contributed by atoms with Crippen molar-refractivity contribution in [2.24, 2.45) is 0 Å². The second-order valence-electron chi connectivity index (χ2n) is 8.63. The second kappa shape index (κ2) is 7.99. The predicted octanol–water partition coefficient (Wildman–Crippen LogP) is 2.24. The van der Waals surface area contributed by atoms with Crippen LogP contribution < -0.4 is 4.90 Å². The summed E-state index contributed by atoms with van der Waals surface area (Å²) in [5.41, 5.74) is 2.86. The molecule has 2 saturated heterocycles. The van der Waals surface area contributed by atoms with E-state index in [1.807, 2.05) is 40.9 Å². The quantitative estimate of drug-likeness (QED) is 0.653. The van der Waals surface area contributed by atoms with Gasteiger partial charge in [0.1, 0.15) is 24.6 Å². The Morgan fingerprint density at radius 2 is 1.97 bits per heavy atom. The van der Waals surface area contributed by atoms with Crippen LogP contribution in [-0.2, 0) is 4.79 Å². The number of para-hydroxylation sites is 1. The van der Waals surface area contributed by atoms with Crippen molar-refractivity contribution in [3.63, 3.8) is 0 Å². The maximum absolute atomic E-state index is 13.0. The molecule has 1 atom stereocenters. The fourth-order valence-corrected chi connectivity index (χ4v) is 6.11. The molecular weight excluding hydrogens is 434 g/mol. The zero-order chi connectivity index (χ0) is 22.4. The Kier molecular flexibility index (Phi) is 4.94. The molecule has 1 amide bonds. The second-order valence-corrected chi connectivity index (χ2v) is 9.71. The Hall–Kier alpha value is -3.19. The summed E-state index contributed by atoms with van der Waals surface area (Å²) in [6.07, 6.45) is 8.52. The van der Waals surface area contributed by atoms with Gasteiger partial charge in [0.05, 0.1) is 30.1 Å². The van der Waals surface area contributed by atoms with Crippen LogP contribution in [0.2, 0.25) is 0 Å². The molecule has 2 fully saturated rings. The molecule has 0 bridgehead atoms. The van der Waals surface area contributed by atoms with E-state index >= 15 is 0 Å². The molecule has 0 spiro atoms. The number of thioether (sulfide) groups is 1. The number of hydrogen-bond donors (Lipinski definition) is 0. The molecule has 8 nitrogen and oxygen atoms in total. The molecule has 5 heterocycles. The van der Waals surface area contributed by atoms with Gasteiger partial charge in [0.15, 0.2) is 5.70 Å². The monoisotopic (exact) mass is 458 g/mol. The number of quaternary nitrogens is 1. The Labute approximate surface area is 196 Å². The first kappa shape index (κ1) is 20.4. The van der Waals surface area contributed by atoms with Gasteiger partial charge in [-0.25, -0.2) is 9.97 Å². The molecule has 9 heteroatoms. The van der Waals surface area contributed by atoms with Crippen molar-refractivity contribution < 1.29 is 9.39 Å². The number of carbonyl (C=O) groups excluding carboxylic acids is 1. The van der Waals surface area contributed by atoms with Crippen molar-refractivity contribution in [3.05, 3.63) is 65.8 Å². The third kappa shape index (κ3) is 3.33.